The molecule has 1 saturated heterocycles. The van der Waals surface area contributed by atoms with Gasteiger partial charge in [-0.25, -0.2) is 4.98 Å². The third-order valence-corrected chi connectivity index (χ3v) is 3.85. The highest BCUT2D eigenvalue weighted by Crippen LogP contribution is 2.31. The smallest absolute Gasteiger partial charge is 0.138 e. The minimum Gasteiger partial charge on any atom is -0.381 e. The molecule has 3 nitrogen and oxygen atoms in total. The van der Waals surface area contributed by atoms with Gasteiger partial charge in [-0.3, -0.25) is 4.40 Å². The van der Waals surface area contributed by atoms with Crippen LogP contribution in [0.2, 0.25) is 0 Å². The molecule has 0 spiro atoms. The number of nitrogens with zero attached hydrogens (tertiary/aromatic N) is 2. The second kappa shape index (κ2) is 3.86. The fourth-order valence-electron chi connectivity index (χ4n) is 2.14. The molecule has 2 aromatic rings. The van der Waals surface area contributed by atoms with Crippen LogP contribution in [0.25, 0.3) is 5.65 Å². The first-order valence-electron chi connectivity index (χ1n) is 5.47. The van der Waals surface area contributed by atoms with E-state index in [4.69, 9.17) is 9.72 Å². The second-order valence-electron chi connectivity index (χ2n) is 4.28. The summed E-state index contributed by atoms with van der Waals surface area (Å²) in [7, 11) is 0. The quantitative estimate of drug-likeness (QED) is 0.803. The number of hydrogen-bond acceptors (Lipinski definition) is 2. The Kier molecular flexibility index (Phi) is 2.48. The Morgan fingerprint density at radius 3 is 3.19 bits per heavy atom. The highest BCUT2D eigenvalue weighted by molar-refractivity contribution is 9.10. The predicted octanol–water partition coefficient (Wildman–Crippen LogP) is 2.91. The summed E-state index contributed by atoms with van der Waals surface area (Å²) in [6.07, 6.45) is 3.13. The average Bonchev–Trinajstić information content (AvgIpc) is 2.86. The van der Waals surface area contributed by atoms with Gasteiger partial charge in [0, 0.05) is 18.7 Å². The summed E-state index contributed by atoms with van der Waals surface area (Å²) in [5, 5.41) is 0. The summed E-state index contributed by atoms with van der Waals surface area (Å²) in [4.78, 5) is 4.69. The molecule has 1 fully saturated rings. The molecular weight excluding hydrogens is 268 g/mol. The van der Waals surface area contributed by atoms with Gasteiger partial charge in [0.1, 0.15) is 10.3 Å². The zero-order chi connectivity index (χ0) is 11.1. The molecule has 1 unspecified atom stereocenters. The molecule has 0 N–H and O–H groups in total. The maximum absolute atomic E-state index is 5.42. The molecule has 1 aliphatic rings. The number of ether oxygens (including phenoxy) is 1. The first kappa shape index (κ1) is 10.3. The van der Waals surface area contributed by atoms with Crippen molar-refractivity contribution in [1.29, 1.82) is 0 Å². The Bertz CT molecular complexity index is 529. The van der Waals surface area contributed by atoms with Crippen LogP contribution in [0, 0.1) is 6.92 Å². The van der Waals surface area contributed by atoms with Gasteiger partial charge < -0.3 is 4.74 Å². The first-order valence-corrected chi connectivity index (χ1v) is 6.27. The molecule has 0 saturated carbocycles. The van der Waals surface area contributed by atoms with Crippen molar-refractivity contribution in [2.75, 3.05) is 13.2 Å². The van der Waals surface area contributed by atoms with E-state index in [1.807, 2.05) is 0 Å². The Morgan fingerprint density at radius 1 is 1.56 bits per heavy atom. The molecule has 84 valence electrons. The van der Waals surface area contributed by atoms with Crippen molar-refractivity contribution in [2.24, 2.45) is 0 Å². The molecule has 0 radical (unpaired) electrons. The molecule has 0 aliphatic carbocycles. The lowest BCUT2D eigenvalue weighted by Gasteiger charge is -2.03. The van der Waals surface area contributed by atoms with Gasteiger partial charge in [0.05, 0.1) is 12.3 Å². The molecule has 0 aromatic carbocycles. The van der Waals surface area contributed by atoms with Gasteiger partial charge in [0.15, 0.2) is 0 Å². The Hall–Kier alpha value is -0.870. The third kappa shape index (κ3) is 1.57. The van der Waals surface area contributed by atoms with Gasteiger partial charge in [0.25, 0.3) is 0 Å². The topological polar surface area (TPSA) is 26.5 Å². The zero-order valence-electron chi connectivity index (χ0n) is 9.11. The Labute approximate surface area is 103 Å². The van der Waals surface area contributed by atoms with E-state index in [1.165, 1.54) is 5.56 Å². The van der Waals surface area contributed by atoms with Crippen molar-refractivity contribution in [3.63, 3.8) is 0 Å². The molecule has 3 rings (SSSR count). The van der Waals surface area contributed by atoms with E-state index in [0.717, 1.165) is 35.6 Å². The van der Waals surface area contributed by atoms with E-state index in [-0.39, 0.29) is 0 Å². The van der Waals surface area contributed by atoms with E-state index in [0.29, 0.717) is 5.92 Å². The highest BCUT2D eigenvalue weighted by Gasteiger charge is 2.23. The van der Waals surface area contributed by atoms with E-state index in [9.17, 15) is 0 Å². The van der Waals surface area contributed by atoms with Gasteiger partial charge in [-0.15, -0.1) is 0 Å². The zero-order valence-corrected chi connectivity index (χ0v) is 10.7. The van der Waals surface area contributed by atoms with E-state index in [2.05, 4.69) is 45.6 Å². The van der Waals surface area contributed by atoms with Crippen LogP contribution in [0.1, 0.15) is 23.6 Å². The van der Waals surface area contributed by atoms with Crippen LogP contribution in [-0.2, 0) is 4.74 Å². The molecule has 3 heterocycles. The monoisotopic (exact) mass is 280 g/mol. The number of pyridine rings is 1. The molecule has 4 heteroatoms. The highest BCUT2D eigenvalue weighted by atomic mass is 79.9. The van der Waals surface area contributed by atoms with Crippen molar-refractivity contribution in [3.05, 3.63) is 34.2 Å². The average molecular weight is 281 g/mol. The molecule has 1 atom stereocenters. The van der Waals surface area contributed by atoms with E-state index < -0.39 is 0 Å². The van der Waals surface area contributed by atoms with Crippen LogP contribution in [0.5, 0.6) is 0 Å². The molecule has 2 aromatic heterocycles. The van der Waals surface area contributed by atoms with Crippen molar-refractivity contribution in [2.45, 2.75) is 19.3 Å². The second-order valence-corrected chi connectivity index (χ2v) is 5.03. The molecule has 0 bridgehead atoms. The molecule has 1 aliphatic heterocycles. The van der Waals surface area contributed by atoms with Gasteiger partial charge >= 0.3 is 0 Å². The maximum atomic E-state index is 5.42. The summed E-state index contributed by atoms with van der Waals surface area (Å²) in [6, 6.07) is 4.19. The predicted molar refractivity (Wildman–Crippen MR) is 65.8 cm³/mol. The number of aromatic nitrogens is 2. The maximum Gasteiger partial charge on any atom is 0.138 e. The summed E-state index contributed by atoms with van der Waals surface area (Å²) in [6.45, 7) is 3.73. The van der Waals surface area contributed by atoms with Gasteiger partial charge in [-0.05, 0) is 47.0 Å². The van der Waals surface area contributed by atoms with Crippen LogP contribution >= 0.6 is 15.9 Å². The fraction of sp³-hybridized carbons (Fsp3) is 0.417. The number of halogens is 1. The van der Waals surface area contributed by atoms with Crippen LogP contribution < -0.4 is 0 Å². The van der Waals surface area contributed by atoms with Crippen LogP contribution in [0.4, 0.5) is 0 Å². The van der Waals surface area contributed by atoms with Gasteiger partial charge in [-0.1, -0.05) is 0 Å². The standard InChI is InChI=1S/C12H13BrN2O/c1-8-2-4-15-10(6-8)14-11(12(15)13)9-3-5-16-7-9/h2,4,6,9H,3,5,7H2,1H3. The molecule has 0 amide bonds. The van der Waals surface area contributed by atoms with Crippen LogP contribution in [-0.4, -0.2) is 22.6 Å². The van der Waals surface area contributed by atoms with Crippen molar-refractivity contribution in [3.8, 4) is 0 Å². The summed E-state index contributed by atoms with van der Waals surface area (Å²) < 4.78 is 8.57. The van der Waals surface area contributed by atoms with Crippen molar-refractivity contribution < 1.29 is 4.74 Å². The van der Waals surface area contributed by atoms with Crippen molar-refractivity contribution >= 4 is 21.6 Å². The normalized spacial score (nSPS) is 20.8. The third-order valence-electron chi connectivity index (χ3n) is 3.06. The number of fused-ring (bicyclic) bond motifs is 1. The molecule has 16 heavy (non-hydrogen) atoms. The van der Waals surface area contributed by atoms with Gasteiger partial charge in [-0.2, -0.15) is 0 Å². The van der Waals surface area contributed by atoms with Crippen LogP contribution in [0.15, 0.2) is 22.9 Å². The van der Waals surface area contributed by atoms with Crippen molar-refractivity contribution in [1.82, 2.24) is 9.38 Å². The van der Waals surface area contributed by atoms with Crippen LogP contribution in [0.3, 0.4) is 0 Å². The SMILES string of the molecule is Cc1ccn2c(Br)c(C3CCOC3)nc2c1. The lowest BCUT2D eigenvalue weighted by molar-refractivity contribution is 0.193. The minimum absolute atomic E-state index is 0.439. The lowest BCUT2D eigenvalue weighted by atomic mass is 10.1. The lowest BCUT2D eigenvalue weighted by Crippen LogP contribution is -1.98. The molecular formula is C12H13BrN2O. The first-order chi connectivity index (χ1) is 7.75. The minimum atomic E-state index is 0.439. The summed E-state index contributed by atoms with van der Waals surface area (Å²) >= 11 is 3.63. The number of aryl methyl sites for hydroxylation is 1. The Morgan fingerprint density at radius 2 is 2.44 bits per heavy atom. The number of rotatable bonds is 1. The number of hydrogen-bond donors (Lipinski definition) is 0. The Balaban J connectivity index is 2.14. The number of imidazole rings is 1. The summed E-state index contributed by atoms with van der Waals surface area (Å²) in [5.74, 6) is 0.439. The fourth-order valence-corrected chi connectivity index (χ4v) is 2.86. The van der Waals surface area contributed by atoms with E-state index in [1.54, 1.807) is 0 Å². The van der Waals surface area contributed by atoms with Gasteiger partial charge in [0.2, 0.25) is 0 Å². The summed E-state index contributed by atoms with van der Waals surface area (Å²) in [5.41, 5.74) is 3.37. The largest absolute Gasteiger partial charge is 0.381 e. The van der Waals surface area contributed by atoms with E-state index >= 15 is 0 Å².